The van der Waals surface area contributed by atoms with Gasteiger partial charge in [-0.25, -0.2) is 14.4 Å². The third-order valence-electron chi connectivity index (χ3n) is 6.67. The predicted octanol–water partition coefficient (Wildman–Crippen LogP) is 4.66. The summed E-state index contributed by atoms with van der Waals surface area (Å²) in [6.45, 7) is 0.968. The lowest BCUT2D eigenvalue weighted by atomic mass is 9.98. The van der Waals surface area contributed by atoms with Crippen LogP contribution in [0.1, 0.15) is 50.8 Å². The number of Topliss-reactive ketones (excluding diaryl/α,β-unsaturated/α-hetero) is 1. The van der Waals surface area contributed by atoms with Gasteiger partial charge in [0.05, 0.1) is 23.1 Å². The summed E-state index contributed by atoms with van der Waals surface area (Å²) in [6.07, 6.45) is -3.73. The summed E-state index contributed by atoms with van der Waals surface area (Å²) in [5.74, 6) is -3.12. The maximum atomic E-state index is 13.3. The number of hydrogen-bond acceptors (Lipinski definition) is 11. The molecule has 0 N–H and O–H groups in total. The lowest BCUT2D eigenvalue weighted by Gasteiger charge is -2.44. The molecule has 0 radical (unpaired) electrons. The van der Waals surface area contributed by atoms with Gasteiger partial charge in [0.15, 0.2) is 18.3 Å². The molecular formula is C33H32O10S. The third kappa shape index (κ3) is 8.77. The van der Waals surface area contributed by atoms with Crippen molar-refractivity contribution < 1.29 is 47.7 Å². The highest BCUT2D eigenvalue weighted by molar-refractivity contribution is 7.99. The standard InChI is InChI=1S/C33H32O10S/c1-21(34)18-19-26(35)41-28-27(42-31(37)23-14-8-4-9-15-23)25(20-39-30(36)22-12-6-3-7-13-22)40-33(44-2)29(28)43-32(38)24-16-10-5-11-17-24/h3-17,25,27-29,33H,18-20H2,1-2H3/t25-,27+,28+,29-,33+/m1/s1. The number of rotatable bonds is 12. The average Bonchev–Trinajstić information content (AvgIpc) is 3.05. The van der Waals surface area contributed by atoms with Gasteiger partial charge in [0.25, 0.3) is 0 Å². The molecule has 44 heavy (non-hydrogen) atoms. The van der Waals surface area contributed by atoms with Crippen LogP contribution in [0.4, 0.5) is 0 Å². The summed E-state index contributed by atoms with van der Waals surface area (Å²) in [6, 6.07) is 24.6. The maximum absolute atomic E-state index is 13.3. The smallest absolute Gasteiger partial charge is 0.338 e. The van der Waals surface area contributed by atoms with Crippen molar-refractivity contribution in [2.24, 2.45) is 0 Å². The number of benzene rings is 3. The monoisotopic (exact) mass is 620 g/mol. The van der Waals surface area contributed by atoms with Crippen LogP contribution in [0.2, 0.25) is 0 Å². The maximum Gasteiger partial charge on any atom is 0.338 e. The first-order valence-corrected chi connectivity index (χ1v) is 15.2. The molecule has 0 spiro atoms. The van der Waals surface area contributed by atoms with Crippen molar-refractivity contribution in [3.05, 3.63) is 108 Å². The highest BCUT2D eigenvalue weighted by atomic mass is 32.2. The van der Waals surface area contributed by atoms with Crippen LogP contribution in [0.15, 0.2) is 91.0 Å². The number of carbonyl (C=O) groups is 5. The molecule has 1 aliphatic heterocycles. The molecule has 5 atom stereocenters. The van der Waals surface area contributed by atoms with Crippen molar-refractivity contribution in [1.82, 2.24) is 0 Å². The quantitative estimate of drug-likeness (QED) is 0.207. The fourth-order valence-corrected chi connectivity index (χ4v) is 5.17. The summed E-state index contributed by atoms with van der Waals surface area (Å²) in [4.78, 5) is 63.8. The molecule has 3 aromatic carbocycles. The van der Waals surface area contributed by atoms with Crippen LogP contribution in [-0.4, -0.2) is 72.4 Å². The Morgan fingerprint density at radius 2 is 1.11 bits per heavy atom. The van der Waals surface area contributed by atoms with Gasteiger partial charge in [-0.2, -0.15) is 0 Å². The highest BCUT2D eigenvalue weighted by Gasteiger charge is 2.52. The average molecular weight is 621 g/mol. The van der Waals surface area contributed by atoms with E-state index in [0.717, 1.165) is 0 Å². The van der Waals surface area contributed by atoms with Gasteiger partial charge >= 0.3 is 23.9 Å². The topological polar surface area (TPSA) is 132 Å². The fourth-order valence-electron chi connectivity index (χ4n) is 4.44. The van der Waals surface area contributed by atoms with Crippen LogP contribution in [0.3, 0.4) is 0 Å². The number of carbonyl (C=O) groups excluding carboxylic acids is 5. The molecule has 0 amide bonds. The molecule has 1 aliphatic rings. The summed E-state index contributed by atoms with van der Waals surface area (Å²) < 4.78 is 29.3. The van der Waals surface area contributed by atoms with Gasteiger partial charge in [0.2, 0.25) is 0 Å². The van der Waals surface area contributed by atoms with Gasteiger partial charge in [-0.05, 0) is 49.6 Å². The lowest BCUT2D eigenvalue weighted by Crippen LogP contribution is -2.61. The van der Waals surface area contributed by atoms with Crippen LogP contribution in [0.5, 0.6) is 0 Å². The normalized spacial score (nSPS) is 21.0. The number of thioether (sulfide) groups is 1. The molecule has 4 rings (SSSR count). The van der Waals surface area contributed by atoms with Crippen molar-refractivity contribution in [3.63, 3.8) is 0 Å². The van der Waals surface area contributed by atoms with E-state index in [1.54, 1.807) is 97.3 Å². The summed E-state index contributed by atoms with van der Waals surface area (Å²) in [5, 5.41) is 0. The van der Waals surface area contributed by atoms with Crippen molar-refractivity contribution >= 4 is 41.4 Å². The zero-order valence-corrected chi connectivity index (χ0v) is 25.0. The van der Waals surface area contributed by atoms with Crippen LogP contribution in [-0.2, 0) is 33.3 Å². The highest BCUT2D eigenvalue weighted by Crippen LogP contribution is 2.34. The van der Waals surface area contributed by atoms with Crippen LogP contribution in [0.25, 0.3) is 0 Å². The summed E-state index contributed by atoms with van der Waals surface area (Å²) >= 11 is 1.17. The largest absolute Gasteiger partial charge is 0.459 e. The van der Waals surface area contributed by atoms with E-state index in [2.05, 4.69) is 0 Å². The molecule has 3 aromatic rings. The third-order valence-corrected chi connectivity index (χ3v) is 7.51. The Morgan fingerprint density at radius 1 is 0.636 bits per heavy atom. The predicted molar refractivity (Wildman–Crippen MR) is 160 cm³/mol. The van der Waals surface area contributed by atoms with Crippen LogP contribution >= 0.6 is 11.8 Å². The summed E-state index contributed by atoms with van der Waals surface area (Å²) in [7, 11) is 0. The van der Waals surface area contributed by atoms with Gasteiger partial charge < -0.3 is 28.5 Å². The van der Waals surface area contributed by atoms with E-state index in [0.29, 0.717) is 5.56 Å². The zero-order chi connectivity index (χ0) is 31.5. The molecule has 0 saturated carbocycles. The molecule has 0 aromatic heterocycles. The molecule has 1 fully saturated rings. The molecule has 1 saturated heterocycles. The van der Waals surface area contributed by atoms with Crippen LogP contribution in [0, 0.1) is 0 Å². The van der Waals surface area contributed by atoms with Crippen molar-refractivity contribution in [2.75, 3.05) is 12.9 Å². The first kappa shape index (κ1) is 32.4. The zero-order valence-electron chi connectivity index (χ0n) is 24.2. The number of hydrogen-bond donors (Lipinski definition) is 0. The van der Waals surface area contributed by atoms with Crippen LogP contribution < -0.4 is 0 Å². The number of ether oxygens (including phenoxy) is 5. The second-order valence-corrected chi connectivity index (χ2v) is 10.8. The Morgan fingerprint density at radius 3 is 1.59 bits per heavy atom. The van der Waals surface area contributed by atoms with E-state index < -0.39 is 53.7 Å². The minimum atomic E-state index is -1.37. The van der Waals surface area contributed by atoms with E-state index in [4.69, 9.17) is 23.7 Å². The van der Waals surface area contributed by atoms with Gasteiger partial charge in [0, 0.05) is 6.42 Å². The SMILES string of the molecule is CS[C@@H]1O[C@H](COC(=O)c2ccccc2)[C@H](OC(=O)c2ccccc2)[C@H](OC(=O)CCC(C)=O)[C@H]1OC(=O)c1ccccc1. The van der Waals surface area contributed by atoms with Gasteiger partial charge in [-0.15, -0.1) is 11.8 Å². The fraction of sp³-hybridized carbons (Fsp3) is 0.303. The molecule has 230 valence electrons. The lowest BCUT2D eigenvalue weighted by molar-refractivity contribution is -0.221. The molecule has 1 heterocycles. The Hall–Kier alpha value is -4.48. The molecule has 11 heteroatoms. The molecule has 0 unspecified atom stereocenters. The van der Waals surface area contributed by atoms with Crippen molar-refractivity contribution in [3.8, 4) is 0 Å². The Kier molecular flexibility index (Phi) is 11.7. The Bertz CT molecular complexity index is 1430. The number of ketones is 1. The Labute approximate surface area is 259 Å². The first-order valence-electron chi connectivity index (χ1n) is 13.9. The first-order chi connectivity index (χ1) is 21.3. The second kappa shape index (κ2) is 15.8. The van der Waals surface area contributed by atoms with E-state index in [1.165, 1.54) is 18.7 Å². The minimum Gasteiger partial charge on any atom is -0.459 e. The van der Waals surface area contributed by atoms with E-state index in [-0.39, 0.29) is 36.4 Å². The summed E-state index contributed by atoms with van der Waals surface area (Å²) in [5.41, 5.74) is -0.172. The number of esters is 4. The molecule has 10 nitrogen and oxygen atoms in total. The molecular weight excluding hydrogens is 588 g/mol. The molecule has 0 aliphatic carbocycles. The van der Waals surface area contributed by atoms with Gasteiger partial charge in [-0.1, -0.05) is 54.6 Å². The van der Waals surface area contributed by atoms with Gasteiger partial charge in [0.1, 0.15) is 23.9 Å². The van der Waals surface area contributed by atoms with Crippen molar-refractivity contribution in [1.29, 1.82) is 0 Å². The van der Waals surface area contributed by atoms with E-state index in [9.17, 15) is 24.0 Å². The van der Waals surface area contributed by atoms with Crippen molar-refractivity contribution in [2.45, 2.75) is 49.6 Å². The second-order valence-electron chi connectivity index (χ2n) is 9.87. The molecule has 0 bridgehead atoms. The van der Waals surface area contributed by atoms with E-state index in [1.807, 2.05) is 0 Å². The van der Waals surface area contributed by atoms with E-state index >= 15 is 0 Å². The van der Waals surface area contributed by atoms with Gasteiger partial charge in [-0.3, -0.25) is 4.79 Å². The Balaban J connectivity index is 1.68. The minimum absolute atomic E-state index is 0.0743.